The van der Waals surface area contributed by atoms with Crippen LogP contribution >= 0.6 is 11.6 Å². The fourth-order valence-electron chi connectivity index (χ4n) is 5.00. The maximum Gasteiger partial charge on any atom is 0.305 e. The highest BCUT2D eigenvalue weighted by Crippen LogP contribution is 2.35. The number of aromatic nitrogens is 2. The molecule has 0 radical (unpaired) electrons. The molecular weight excluding hydrogens is 577 g/mol. The van der Waals surface area contributed by atoms with Gasteiger partial charge < -0.3 is 24.4 Å². The Bertz CT molecular complexity index is 1390. The van der Waals surface area contributed by atoms with Gasteiger partial charge in [0.15, 0.2) is 11.5 Å². The number of hydrogen-bond acceptors (Lipinski definition) is 9. The Labute approximate surface area is 256 Å². The summed E-state index contributed by atoms with van der Waals surface area (Å²) in [6, 6.07) is 8.02. The fraction of sp³-hybridized carbons (Fsp3) is 0.484. The fourth-order valence-corrected chi connectivity index (χ4v) is 5.18. The minimum Gasteiger partial charge on any atom is -0.493 e. The van der Waals surface area contributed by atoms with E-state index in [-0.39, 0.29) is 16.9 Å². The molecule has 0 saturated carbocycles. The first-order valence-electron chi connectivity index (χ1n) is 14.6. The number of nitrogens with zero attached hydrogens (tertiary/aromatic N) is 4. The lowest BCUT2D eigenvalue weighted by Crippen LogP contribution is -2.48. The first-order chi connectivity index (χ1) is 20.9. The van der Waals surface area contributed by atoms with Crippen molar-refractivity contribution in [2.24, 2.45) is 0 Å². The summed E-state index contributed by atoms with van der Waals surface area (Å²) in [6.07, 6.45) is 6.77. The van der Waals surface area contributed by atoms with Gasteiger partial charge in [-0.05, 0) is 43.5 Å². The van der Waals surface area contributed by atoms with E-state index >= 15 is 0 Å². The monoisotopic (exact) mass is 615 g/mol. The number of anilines is 2. The molecule has 0 bridgehead atoms. The third-order valence-electron chi connectivity index (χ3n) is 7.45. The van der Waals surface area contributed by atoms with E-state index in [1.54, 1.807) is 19.2 Å². The normalized spacial score (nSPS) is 13.6. The van der Waals surface area contributed by atoms with Crippen LogP contribution in [0.3, 0.4) is 0 Å². The van der Waals surface area contributed by atoms with Crippen LogP contribution in [0.15, 0.2) is 36.7 Å². The Kier molecular flexibility index (Phi) is 12.2. The van der Waals surface area contributed by atoms with Gasteiger partial charge in [-0.3, -0.25) is 14.5 Å². The van der Waals surface area contributed by atoms with Crippen LogP contribution in [0, 0.1) is 5.82 Å². The maximum absolute atomic E-state index is 13.6. The van der Waals surface area contributed by atoms with Gasteiger partial charge in [0.2, 0.25) is 5.91 Å². The van der Waals surface area contributed by atoms with Crippen molar-refractivity contribution in [2.75, 3.05) is 58.9 Å². The zero-order valence-corrected chi connectivity index (χ0v) is 25.5. The number of ether oxygens (including phenoxy) is 3. The van der Waals surface area contributed by atoms with Crippen LogP contribution in [0.2, 0.25) is 5.02 Å². The van der Waals surface area contributed by atoms with Gasteiger partial charge in [0.25, 0.3) is 0 Å². The van der Waals surface area contributed by atoms with Crippen molar-refractivity contribution in [3.63, 3.8) is 0 Å². The number of unbranched alkanes of at least 4 members (excludes halogenated alkanes) is 3. The summed E-state index contributed by atoms with van der Waals surface area (Å²) in [7, 11) is 2.99. The third kappa shape index (κ3) is 9.39. The summed E-state index contributed by atoms with van der Waals surface area (Å²) in [5.41, 5.74) is 1.26. The molecular formula is C31H39ClFN5O5. The van der Waals surface area contributed by atoms with Gasteiger partial charge in [-0.1, -0.05) is 24.4 Å². The van der Waals surface area contributed by atoms with E-state index in [9.17, 15) is 14.0 Å². The third-order valence-corrected chi connectivity index (χ3v) is 7.74. The highest BCUT2D eigenvalue weighted by molar-refractivity contribution is 6.31. The van der Waals surface area contributed by atoms with Crippen molar-refractivity contribution in [1.29, 1.82) is 0 Å². The summed E-state index contributed by atoms with van der Waals surface area (Å²) in [4.78, 5) is 36.8. The Hall–Kier alpha value is -3.70. The number of nitrogens with one attached hydrogen (secondary N) is 1. The molecule has 0 spiro atoms. The zero-order chi connectivity index (χ0) is 30.6. The quantitative estimate of drug-likeness (QED) is 0.173. The van der Waals surface area contributed by atoms with Crippen LogP contribution in [0.5, 0.6) is 11.5 Å². The van der Waals surface area contributed by atoms with Gasteiger partial charge in [-0.2, -0.15) is 0 Å². The minimum absolute atomic E-state index is 0.0163. The van der Waals surface area contributed by atoms with Gasteiger partial charge in [0.1, 0.15) is 18.0 Å². The molecule has 1 aliphatic rings. The number of esters is 1. The summed E-state index contributed by atoms with van der Waals surface area (Å²) in [6.45, 7) is 4.49. The Morgan fingerprint density at radius 2 is 1.72 bits per heavy atom. The Balaban J connectivity index is 1.21. The lowest BCUT2D eigenvalue weighted by atomic mass is 10.1. The number of halogens is 2. The summed E-state index contributed by atoms with van der Waals surface area (Å²) in [5.74, 6) is 1.21. The second-order valence-corrected chi connectivity index (χ2v) is 10.8. The number of piperazine rings is 1. The first kappa shape index (κ1) is 32.2. The molecule has 1 amide bonds. The molecule has 0 atom stereocenters. The standard InChI is InChI=1S/C31H39ClFN5O5/c1-41-27-20-26-23(31(35-21-34-26)36-22-10-11-25(33)24(32)18-22)19-28(27)43-17-7-12-37-13-15-38(16-14-37)29(39)8-5-3-4-6-9-30(40)42-2/h10-11,18-21H,3-9,12-17H2,1-2H3,(H,34,35,36). The molecule has 2 heterocycles. The molecule has 1 aliphatic heterocycles. The molecule has 4 rings (SSSR count). The maximum atomic E-state index is 13.6. The van der Waals surface area contributed by atoms with Crippen LogP contribution < -0.4 is 14.8 Å². The van der Waals surface area contributed by atoms with Crippen molar-refractivity contribution in [3.05, 3.63) is 47.5 Å². The minimum atomic E-state index is -0.493. The van der Waals surface area contributed by atoms with E-state index in [4.69, 9.17) is 21.1 Å². The number of amides is 1. The number of methoxy groups -OCH3 is 2. The Morgan fingerprint density at radius 3 is 2.44 bits per heavy atom. The number of rotatable bonds is 15. The van der Waals surface area contributed by atoms with Crippen LogP contribution in [0.25, 0.3) is 10.9 Å². The number of benzene rings is 2. The predicted octanol–water partition coefficient (Wildman–Crippen LogP) is 5.60. The Morgan fingerprint density at radius 1 is 0.953 bits per heavy atom. The van der Waals surface area contributed by atoms with E-state index in [0.717, 1.165) is 70.2 Å². The van der Waals surface area contributed by atoms with Gasteiger partial charge in [-0.25, -0.2) is 14.4 Å². The lowest BCUT2D eigenvalue weighted by Gasteiger charge is -2.34. The second kappa shape index (κ2) is 16.2. The van der Waals surface area contributed by atoms with Gasteiger partial charge in [-0.15, -0.1) is 0 Å². The van der Waals surface area contributed by atoms with Crippen molar-refractivity contribution >= 4 is 45.9 Å². The average molecular weight is 616 g/mol. The highest BCUT2D eigenvalue weighted by Gasteiger charge is 2.20. The number of carbonyl (C=O) groups is 2. The number of fused-ring (bicyclic) bond motifs is 1. The van der Waals surface area contributed by atoms with E-state index in [0.29, 0.717) is 48.0 Å². The van der Waals surface area contributed by atoms with Crippen LogP contribution in [-0.4, -0.2) is 85.2 Å². The van der Waals surface area contributed by atoms with Crippen molar-refractivity contribution in [1.82, 2.24) is 19.8 Å². The van der Waals surface area contributed by atoms with E-state index in [2.05, 4.69) is 24.9 Å². The lowest BCUT2D eigenvalue weighted by molar-refractivity contribution is -0.140. The highest BCUT2D eigenvalue weighted by atomic mass is 35.5. The molecule has 43 heavy (non-hydrogen) atoms. The number of hydrogen-bond donors (Lipinski definition) is 1. The van der Waals surface area contributed by atoms with Crippen LogP contribution in [0.1, 0.15) is 44.9 Å². The van der Waals surface area contributed by atoms with Crippen molar-refractivity contribution < 1.29 is 28.2 Å². The smallest absolute Gasteiger partial charge is 0.305 e. The summed E-state index contributed by atoms with van der Waals surface area (Å²) in [5, 5.41) is 3.92. The molecule has 10 nitrogen and oxygen atoms in total. The molecule has 2 aromatic carbocycles. The zero-order valence-electron chi connectivity index (χ0n) is 24.7. The SMILES string of the molecule is COC(=O)CCCCCCC(=O)N1CCN(CCCOc2cc3c(Nc4ccc(F)c(Cl)c4)ncnc3cc2OC)CC1. The molecule has 1 N–H and O–H groups in total. The van der Waals surface area contributed by atoms with Crippen LogP contribution in [0.4, 0.5) is 15.9 Å². The molecule has 3 aromatic rings. The summed E-state index contributed by atoms with van der Waals surface area (Å²) < 4.78 is 29.9. The van der Waals surface area contributed by atoms with Crippen molar-refractivity contribution in [2.45, 2.75) is 44.9 Å². The van der Waals surface area contributed by atoms with Crippen LogP contribution in [-0.2, 0) is 14.3 Å². The van der Waals surface area contributed by atoms with E-state index in [1.165, 1.54) is 25.6 Å². The molecule has 1 fully saturated rings. The van der Waals surface area contributed by atoms with E-state index < -0.39 is 5.82 Å². The molecule has 1 aromatic heterocycles. The first-order valence-corrected chi connectivity index (χ1v) is 15.0. The number of carbonyl (C=O) groups excluding carboxylic acids is 2. The van der Waals surface area contributed by atoms with Gasteiger partial charge >= 0.3 is 5.97 Å². The topological polar surface area (TPSA) is 106 Å². The summed E-state index contributed by atoms with van der Waals surface area (Å²) >= 11 is 5.94. The largest absolute Gasteiger partial charge is 0.493 e. The molecule has 12 heteroatoms. The molecule has 1 saturated heterocycles. The molecule has 0 unspecified atom stereocenters. The molecule has 0 aliphatic carbocycles. The van der Waals surface area contributed by atoms with Gasteiger partial charge in [0, 0.05) is 62.7 Å². The van der Waals surface area contributed by atoms with E-state index in [1.807, 2.05) is 11.0 Å². The average Bonchev–Trinajstić information content (AvgIpc) is 3.02. The second-order valence-electron chi connectivity index (χ2n) is 10.4. The van der Waals surface area contributed by atoms with Crippen molar-refractivity contribution in [3.8, 4) is 11.5 Å². The molecule has 232 valence electrons. The predicted molar refractivity (Wildman–Crippen MR) is 164 cm³/mol. The van der Waals surface area contributed by atoms with Gasteiger partial charge in [0.05, 0.1) is 31.4 Å².